The zero-order valence-electron chi connectivity index (χ0n) is 18.0. The summed E-state index contributed by atoms with van der Waals surface area (Å²) in [6.07, 6.45) is 1.51. The van der Waals surface area contributed by atoms with Gasteiger partial charge in [0, 0.05) is 31.2 Å². The Hall–Kier alpha value is -3.02. The highest BCUT2D eigenvalue weighted by Crippen LogP contribution is 2.19. The summed E-state index contributed by atoms with van der Waals surface area (Å²) < 4.78 is 5.14. The lowest BCUT2D eigenvalue weighted by molar-refractivity contribution is 0.0708. The van der Waals surface area contributed by atoms with Crippen LogP contribution in [0.2, 0.25) is 0 Å². The largest absolute Gasteiger partial charge is 0.497 e. The van der Waals surface area contributed by atoms with Crippen LogP contribution >= 0.6 is 0 Å². The lowest BCUT2D eigenvalue weighted by Crippen LogP contribution is -2.49. The first-order valence-electron chi connectivity index (χ1n) is 10.5. The van der Waals surface area contributed by atoms with E-state index in [2.05, 4.69) is 30.5 Å². The average Bonchev–Trinajstić information content (AvgIpc) is 2.78. The highest BCUT2D eigenvalue weighted by Gasteiger charge is 2.24. The predicted octanol–water partition coefficient (Wildman–Crippen LogP) is 3.92. The van der Waals surface area contributed by atoms with Crippen molar-refractivity contribution in [2.75, 3.05) is 20.2 Å². The number of rotatable bonds is 6. The molecule has 30 heavy (non-hydrogen) atoms. The van der Waals surface area contributed by atoms with Crippen LogP contribution in [0, 0.1) is 0 Å². The molecule has 0 bridgehead atoms. The van der Waals surface area contributed by atoms with Gasteiger partial charge in [0.15, 0.2) is 0 Å². The molecule has 1 heterocycles. The molecule has 1 aliphatic rings. The van der Waals surface area contributed by atoms with Gasteiger partial charge in [-0.05, 0) is 54.2 Å². The van der Waals surface area contributed by atoms with Crippen molar-refractivity contribution in [3.63, 3.8) is 0 Å². The Balaban J connectivity index is 1.44. The lowest BCUT2D eigenvalue weighted by Gasteiger charge is -2.32. The van der Waals surface area contributed by atoms with Crippen molar-refractivity contribution in [3.05, 3.63) is 65.2 Å². The van der Waals surface area contributed by atoms with E-state index in [4.69, 9.17) is 4.74 Å². The molecular weight excluding hydrogens is 378 g/mol. The second-order valence-corrected chi connectivity index (χ2v) is 8.02. The van der Waals surface area contributed by atoms with Crippen LogP contribution in [0.5, 0.6) is 5.75 Å². The summed E-state index contributed by atoms with van der Waals surface area (Å²) in [7, 11) is 1.63. The van der Waals surface area contributed by atoms with Crippen LogP contribution in [0.4, 0.5) is 4.79 Å². The topological polar surface area (TPSA) is 70.7 Å². The maximum atomic E-state index is 12.8. The molecule has 6 nitrogen and oxygen atoms in total. The monoisotopic (exact) mass is 409 g/mol. The Bertz CT molecular complexity index is 856. The van der Waals surface area contributed by atoms with Crippen LogP contribution in [0.3, 0.4) is 0 Å². The van der Waals surface area contributed by atoms with Gasteiger partial charge in [-0.25, -0.2) is 4.79 Å². The van der Waals surface area contributed by atoms with E-state index in [-0.39, 0.29) is 18.0 Å². The zero-order chi connectivity index (χ0) is 21.5. The third-order valence-corrected chi connectivity index (χ3v) is 5.53. The Morgan fingerprint density at radius 2 is 1.80 bits per heavy atom. The normalized spacial score (nSPS) is 14.5. The molecule has 6 heteroatoms. The first kappa shape index (κ1) is 21.7. The first-order chi connectivity index (χ1) is 14.5. The minimum absolute atomic E-state index is 0.0694. The quantitative estimate of drug-likeness (QED) is 0.760. The molecule has 0 spiro atoms. The fourth-order valence-corrected chi connectivity index (χ4v) is 3.60. The highest BCUT2D eigenvalue weighted by atomic mass is 16.5. The van der Waals surface area contributed by atoms with Crippen LogP contribution < -0.4 is 15.4 Å². The predicted molar refractivity (Wildman–Crippen MR) is 118 cm³/mol. The second kappa shape index (κ2) is 10.1. The number of ether oxygens (including phenoxy) is 1. The highest BCUT2D eigenvalue weighted by molar-refractivity contribution is 5.94. The van der Waals surface area contributed by atoms with Gasteiger partial charge in [-0.1, -0.05) is 38.1 Å². The minimum atomic E-state index is -0.180. The number of amides is 3. The molecule has 3 rings (SSSR count). The number of carbonyl (C=O) groups excluding carboxylic acids is 2. The van der Waals surface area contributed by atoms with E-state index in [1.807, 2.05) is 47.4 Å². The molecular formula is C24H31N3O3. The van der Waals surface area contributed by atoms with Crippen molar-refractivity contribution < 1.29 is 14.3 Å². The van der Waals surface area contributed by atoms with E-state index in [1.165, 1.54) is 5.56 Å². The van der Waals surface area contributed by atoms with Crippen molar-refractivity contribution >= 4 is 11.9 Å². The van der Waals surface area contributed by atoms with Gasteiger partial charge in [0.05, 0.1) is 7.11 Å². The van der Waals surface area contributed by atoms with Gasteiger partial charge >= 0.3 is 6.03 Å². The van der Waals surface area contributed by atoms with Gasteiger partial charge in [0.25, 0.3) is 5.91 Å². The van der Waals surface area contributed by atoms with Crippen molar-refractivity contribution in [2.45, 2.75) is 45.2 Å². The molecule has 0 unspecified atom stereocenters. The Morgan fingerprint density at radius 1 is 1.10 bits per heavy atom. The average molecular weight is 410 g/mol. The maximum Gasteiger partial charge on any atom is 0.315 e. The number of hydrogen-bond donors (Lipinski definition) is 2. The van der Waals surface area contributed by atoms with Gasteiger partial charge in [0.1, 0.15) is 5.75 Å². The summed E-state index contributed by atoms with van der Waals surface area (Å²) in [6, 6.07) is 15.4. The van der Waals surface area contributed by atoms with E-state index in [0.717, 1.165) is 29.7 Å². The Labute approximate surface area is 178 Å². The van der Waals surface area contributed by atoms with E-state index in [0.29, 0.717) is 25.6 Å². The summed E-state index contributed by atoms with van der Waals surface area (Å²) in [5, 5.41) is 5.91. The number of nitrogens with zero attached hydrogens (tertiary/aromatic N) is 1. The smallest absolute Gasteiger partial charge is 0.315 e. The van der Waals surface area contributed by atoms with Gasteiger partial charge < -0.3 is 20.3 Å². The number of piperidine rings is 1. The molecule has 2 N–H and O–H groups in total. The summed E-state index contributed by atoms with van der Waals surface area (Å²) >= 11 is 0. The molecule has 1 aliphatic heterocycles. The molecule has 0 radical (unpaired) electrons. The number of urea groups is 1. The van der Waals surface area contributed by atoms with Crippen LogP contribution in [0.15, 0.2) is 48.5 Å². The van der Waals surface area contributed by atoms with Crippen LogP contribution in [-0.2, 0) is 6.54 Å². The maximum absolute atomic E-state index is 12.8. The molecule has 0 aliphatic carbocycles. The molecule has 1 saturated heterocycles. The van der Waals surface area contributed by atoms with Gasteiger partial charge in [0.2, 0.25) is 0 Å². The van der Waals surface area contributed by atoms with Crippen molar-refractivity contribution in [1.82, 2.24) is 15.5 Å². The Morgan fingerprint density at radius 3 is 2.43 bits per heavy atom. The van der Waals surface area contributed by atoms with Crippen LogP contribution in [-0.4, -0.2) is 43.1 Å². The minimum Gasteiger partial charge on any atom is -0.497 e. The lowest BCUT2D eigenvalue weighted by atomic mass is 9.99. The number of carbonyl (C=O) groups is 2. The van der Waals surface area contributed by atoms with Crippen molar-refractivity contribution in [1.29, 1.82) is 0 Å². The second-order valence-electron chi connectivity index (χ2n) is 8.02. The van der Waals surface area contributed by atoms with Crippen LogP contribution in [0.1, 0.15) is 54.1 Å². The fraction of sp³-hybridized carbons (Fsp3) is 0.417. The molecule has 3 amide bonds. The summed E-state index contributed by atoms with van der Waals surface area (Å²) in [6.45, 7) is 6.00. The third-order valence-electron chi connectivity index (χ3n) is 5.53. The molecule has 2 aromatic carbocycles. The Kier molecular flexibility index (Phi) is 7.33. The third kappa shape index (κ3) is 5.75. The van der Waals surface area contributed by atoms with E-state index in [9.17, 15) is 9.59 Å². The van der Waals surface area contributed by atoms with E-state index < -0.39 is 0 Å². The zero-order valence-corrected chi connectivity index (χ0v) is 18.0. The van der Waals surface area contributed by atoms with E-state index >= 15 is 0 Å². The van der Waals surface area contributed by atoms with Gasteiger partial charge in [-0.2, -0.15) is 0 Å². The summed E-state index contributed by atoms with van der Waals surface area (Å²) in [4.78, 5) is 26.9. The molecule has 1 fully saturated rings. The first-order valence-corrected chi connectivity index (χ1v) is 10.5. The summed E-state index contributed by atoms with van der Waals surface area (Å²) in [5.41, 5.74) is 2.92. The summed E-state index contributed by atoms with van der Waals surface area (Å²) in [5.74, 6) is 1.25. The molecule has 0 atom stereocenters. The number of nitrogens with one attached hydrogen (secondary N) is 2. The van der Waals surface area contributed by atoms with Crippen LogP contribution in [0.25, 0.3) is 0 Å². The standard InChI is InChI=1S/C24H31N3O3/c1-17(2)19-5-4-6-20(15-19)23(28)27-13-11-21(12-14-27)26-24(29)25-16-18-7-9-22(30-3)10-8-18/h4-10,15,17,21H,11-14,16H2,1-3H3,(H2,25,26,29). The number of hydrogen-bond acceptors (Lipinski definition) is 3. The number of benzene rings is 2. The number of likely N-dealkylation sites (tertiary alicyclic amines) is 1. The molecule has 160 valence electrons. The van der Waals surface area contributed by atoms with Crippen molar-refractivity contribution in [3.8, 4) is 5.75 Å². The molecule has 0 saturated carbocycles. The van der Waals surface area contributed by atoms with Gasteiger partial charge in [-0.3, -0.25) is 4.79 Å². The molecule has 0 aromatic heterocycles. The fourth-order valence-electron chi connectivity index (χ4n) is 3.60. The van der Waals surface area contributed by atoms with Crippen molar-refractivity contribution in [2.24, 2.45) is 0 Å². The van der Waals surface area contributed by atoms with E-state index in [1.54, 1.807) is 7.11 Å². The number of methoxy groups -OCH3 is 1. The molecule has 2 aromatic rings. The SMILES string of the molecule is COc1ccc(CNC(=O)NC2CCN(C(=O)c3cccc(C(C)C)c3)CC2)cc1. The van der Waals surface area contributed by atoms with Gasteiger partial charge in [-0.15, -0.1) is 0 Å².